The minimum absolute atomic E-state index is 0.121. The Labute approximate surface area is 254 Å². The van der Waals surface area contributed by atoms with E-state index < -0.39 is 24.2 Å². The molecular weight excluding hydrogens is 585 g/mol. The Balaban J connectivity index is 1.72. The maximum atomic E-state index is 12.9. The number of ether oxygens (including phenoxy) is 1. The molecule has 3 N–H and O–H groups in total. The van der Waals surface area contributed by atoms with Crippen molar-refractivity contribution in [3.63, 3.8) is 0 Å². The number of carbonyl (C=O) groups is 2. The first-order chi connectivity index (χ1) is 20.2. The quantitative estimate of drug-likeness (QED) is 0.213. The normalized spacial score (nSPS) is 13.8. The number of alkyl halides is 3. The number of hydrogen-bond donors (Lipinski definition) is 3. The summed E-state index contributed by atoms with van der Waals surface area (Å²) in [4.78, 5) is 29.6. The van der Waals surface area contributed by atoms with E-state index in [9.17, 15) is 27.9 Å². The number of rotatable bonds is 13. The first kappa shape index (κ1) is 33.9. The topological polar surface area (TPSA) is 105 Å². The second-order valence-electron chi connectivity index (χ2n) is 10.7. The van der Waals surface area contributed by atoms with Gasteiger partial charge in [-0.15, -0.1) is 0 Å². The van der Waals surface area contributed by atoms with E-state index in [-0.39, 0.29) is 47.2 Å². The number of aliphatic hydroxyl groups excluding tert-OH is 1. The molecule has 0 saturated heterocycles. The highest BCUT2D eigenvalue weighted by Gasteiger charge is 2.38. The Morgan fingerprint density at radius 1 is 1.09 bits per heavy atom. The molecule has 1 heterocycles. The van der Waals surface area contributed by atoms with Gasteiger partial charge in [-0.3, -0.25) is 9.59 Å². The van der Waals surface area contributed by atoms with Crippen LogP contribution in [0.2, 0.25) is 5.02 Å². The van der Waals surface area contributed by atoms with Crippen molar-refractivity contribution >= 4 is 23.4 Å². The average Bonchev–Trinajstić information content (AvgIpc) is 3.36. The molecule has 0 spiro atoms. The summed E-state index contributed by atoms with van der Waals surface area (Å²) >= 11 is 6.10. The van der Waals surface area contributed by atoms with Gasteiger partial charge in [0.25, 0.3) is 5.91 Å². The van der Waals surface area contributed by atoms with Crippen LogP contribution in [0.25, 0.3) is 11.3 Å². The van der Waals surface area contributed by atoms with Crippen LogP contribution in [0.15, 0.2) is 48.7 Å². The highest BCUT2D eigenvalue weighted by atomic mass is 35.5. The molecule has 3 atom stereocenters. The number of benzene rings is 2. The number of nitrogens with one attached hydrogen (secondary N) is 2. The van der Waals surface area contributed by atoms with Gasteiger partial charge in [-0.1, -0.05) is 49.7 Å². The van der Waals surface area contributed by atoms with Gasteiger partial charge in [-0.05, 0) is 56.4 Å². The average molecular weight is 623 g/mol. The Bertz CT molecular complexity index is 1390. The van der Waals surface area contributed by atoms with Crippen LogP contribution in [-0.4, -0.2) is 51.4 Å². The molecule has 234 valence electrons. The minimum Gasteiger partial charge on any atom is -0.480 e. The molecule has 0 bridgehead atoms. The molecule has 0 fully saturated rings. The Morgan fingerprint density at radius 2 is 1.77 bits per heavy atom. The second kappa shape index (κ2) is 14.7. The van der Waals surface area contributed by atoms with Crippen molar-refractivity contribution in [3.8, 4) is 17.0 Å². The van der Waals surface area contributed by atoms with E-state index in [1.54, 1.807) is 0 Å². The van der Waals surface area contributed by atoms with Crippen molar-refractivity contribution in [1.82, 2.24) is 20.2 Å². The fourth-order valence-corrected chi connectivity index (χ4v) is 4.79. The molecule has 8 nitrogen and oxygen atoms in total. The molecule has 2 aromatic carbocycles. The zero-order valence-corrected chi connectivity index (χ0v) is 25.6. The molecule has 12 heteroatoms. The van der Waals surface area contributed by atoms with Crippen LogP contribution in [0.1, 0.15) is 68.8 Å². The summed E-state index contributed by atoms with van der Waals surface area (Å²) in [7, 11) is 0. The summed E-state index contributed by atoms with van der Waals surface area (Å²) in [5.74, 6) is 0.145. The van der Waals surface area contributed by atoms with Gasteiger partial charge in [0.2, 0.25) is 5.91 Å². The van der Waals surface area contributed by atoms with Crippen molar-refractivity contribution in [2.45, 2.75) is 78.4 Å². The predicted molar refractivity (Wildman–Crippen MR) is 159 cm³/mol. The number of nitrogens with zero attached hydrogens (tertiary/aromatic N) is 2. The number of aromatic nitrogens is 2. The van der Waals surface area contributed by atoms with Crippen molar-refractivity contribution < 1.29 is 32.6 Å². The van der Waals surface area contributed by atoms with Crippen LogP contribution in [-0.2, 0) is 17.8 Å². The molecule has 0 aliphatic rings. The van der Waals surface area contributed by atoms with Crippen molar-refractivity contribution in [2.24, 2.45) is 5.92 Å². The molecule has 3 rings (SSSR count). The number of halogens is 4. The highest BCUT2D eigenvalue weighted by molar-refractivity contribution is 6.32. The smallest absolute Gasteiger partial charge is 0.425 e. The molecule has 1 unspecified atom stereocenters. The molecule has 0 aliphatic heterocycles. The van der Waals surface area contributed by atoms with Gasteiger partial charge in [0.15, 0.2) is 6.10 Å². The first-order valence-electron chi connectivity index (χ1n) is 14.1. The van der Waals surface area contributed by atoms with Crippen LogP contribution in [0.5, 0.6) is 5.75 Å². The molecule has 3 aromatic rings. The van der Waals surface area contributed by atoms with Crippen LogP contribution >= 0.6 is 11.6 Å². The molecule has 2 amide bonds. The summed E-state index contributed by atoms with van der Waals surface area (Å²) in [6.07, 6.45) is -3.94. The van der Waals surface area contributed by atoms with Gasteiger partial charge in [-0.25, -0.2) is 4.98 Å². The van der Waals surface area contributed by atoms with E-state index in [2.05, 4.69) is 10.6 Å². The fraction of sp³-hybridized carbons (Fsp3) is 0.452. The molecule has 0 saturated carbocycles. The second-order valence-corrected chi connectivity index (χ2v) is 11.1. The van der Waals surface area contributed by atoms with Crippen molar-refractivity contribution in [3.05, 3.63) is 70.6 Å². The first-order valence-corrected chi connectivity index (χ1v) is 14.5. The third-order valence-electron chi connectivity index (χ3n) is 6.96. The maximum Gasteiger partial charge on any atom is 0.425 e. The zero-order valence-electron chi connectivity index (χ0n) is 24.8. The highest BCUT2D eigenvalue weighted by Crippen LogP contribution is 2.31. The number of carbonyl (C=O) groups excluding carboxylic acids is 2. The SMILES string of the molecule is CCn1cc(-c2ccc(C[C@@H](CCO)NC(=O)c3ccc(OC(C)C(F)(F)F)c(Cl)c3)cc2)nc1[C@H](NC(C)=O)C(C)C. The molecule has 1 aromatic heterocycles. The Hall–Kier alpha value is -3.57. The van der Waals surface area contributed by atoms with Gasteiger partial charge in [0, 0.05) is 43.4 Å². The van der Waals surface area contributed by atoms with Crippen LogP contribution in [0, 0.1) is 5.92 Å². The van der Waals surface area contributed by atoms with Crippen LogP contribution in [0.4, 0.5) is 13.2 Å². The lowest BCUT2D eigenvalue weighted by atomic mass is 10.0. The van der Waals surface area contributed by atoms with Gasteiger partial charge in [-0.2, -0.15) is 13.2 Å². The number of amides is 2. The number of aryl methyl sites for hydroxylation is 1. The van der Waals surface area contributed by atoms with Crippen LogP contribution < -0.4 is 15.4 Å². The maximum absolute atomic E-state index is 12.9. The van der Waals surface area contributed by atoms with E-state index in [1.165, 1.54) is 25.1 Å². The molecule has 0 radical (unpaired) electrons. The van der Waals surface area contributed by atoms with Gasteiger partial charge in [0.05, 0.1) is 16.8 Å². The molecular formula is C31H38ClF3N4O4. The fourth-order valence-electron chi connectivity index (χ4n) is 4.56. The third-order valence-corrected chi connectivity index (χ3v) is 7.25. The Kier molecular flexibility index (Phi) is 11.6. The van der Waals surface area contributed by atoms with Crippen LogP contribution in [0.3, 0.4) is 0 Å². The zero-order chi connectivity index (χ0) is 31.9. The summed E-state index contributed by atoms with van der Waals surface area (Å²) in [5.41, 5.74) is 2.73. The number of aliphatic hydroxyl groups is 1. The minimum atomic E-state index is -4.56. The van der Waals surface area contributed by atoms with E-state index >= 15 is 0 Å². The summed E-state index contributed by atoms with van der Waals surface area (Å²) in [6, 6.07) is 10.9. The standard InChI is InChI=1S/C31H38ClF3N4O4/c1-6-39-17-26(38-29(39)28(18(2)3)36-20(5)41)22-9-7-21(8-10-22)15-24(13-14-40)37-30(42)23-11-12-27(25(32)16-23)43-19(4)31(33,34)35/h7-12,16-19,24,28,40H,6,13-15H2,1-5H3,(H,36,41)(H,37,42)/t19?,24-,28-/m1/s1. The monoisotopic (exact) mass is 622 g/mol. The lowest BCUT2D eigenvalue weighted by Gasteiger charge is -2.21. The van der Waals surface area contributed by atoms with E-state index in [1.807, 2.05) is 55.8 Å². The molecule has 43 heavy (non-hydrogen) atoms. The van der Waals surface area contributed by atoms with Gasteiger partial charge < -0.3 is 25.0 Å². The third kappa shape index (κ3) is 9.21. The number of hydrogen-bond acceptors (Lipinski definition) is 5. The predicted octanol–water partition coefficient (Wildman–Crippen LogP) is 6.11. The lowest BCUT2D eigenvalue weighted by Crippen LogP contribution is -2.37. The van der Waals surface area contributed by atoms with Crippen molar-refractivity contribution in [2.75, 3.05) is 6.61 Å². The van der Waals surface area contributed by atoms with E-state index in [0.29, 0.717) is 13.0 Å². The van der Waals surface area contributed by atoms with E-state index in [0.717, 1.165) is 29.6 Å². The number of imidazole rings is 1. The summed E-state index contributed by atoms with van der Waals surface area (Å²) in [6.45, 7) is 8.97. The largest absolute Gasteiger partial charge is 0.480 e. The van der Waals surface area contributed by atoms with Crippen molar-refractivity contribution in [1.29, 1.82) is 0 Å². The Morgan fingerprint density at radius 3 is 2.30 bits per heavy atom. The molecule has 0 aliphatic carbocycles. The lowest BCUT2D eigenvalue weighted by molar-refractivity contribution is -0.189. The van der Waals surface area contributed by atoms with E-state index in [4.69, 9.17) is 21.3 Å². The summed E-state index contributed by atoms with van der Waals surface area (Å²) < 4.78 is 45.4. The van der Waals surface area contributed by atoms with Gasteiger partial charge >= 0.3 is 6.18 Å². The summed E-state index contributed by atoms with van der Waals surface area (Å²) in [5, 5.41) is 15.3. The van der Waals surface area contributed by atoms with Gasteiger partial charge in [0.1, 0.15) is 11.6 Å².